The molecule has 2 rings (SSSR count). The lowest BCUT2D eigenvalue weighted by atomic mass is 10.1. The topological polar surface area (TPSA) is 111 Å². The molecule has 0 aliphatic rings. The molecular weight excluding hydrogens is 424 g/mol. The van der Waals surface area contributed by atoms with E-state index in [1.54, 1.807) is 30.3 Å². The Bertz CT molecular complexity index is 1040. The second kappa shape index (κ2) is 10.7. The summed E-state index contributed by atoms with van der Waals surface area (Å²) in [6.45, 7) is 0.110. The molecule has 2 aromatic rings. The molecule has 0 bridgehead atoms. The number of esters is 1. The molecule has 1 N–H and O–H groups in total. The van der Waals surface area contributed by atoms with E-state index in [4.69, 9.17) is 9.47 Å². The predicted octanol–water partition coefficient (Wildman–Crippen LogP) is 2.68. The van der Waals surface area contributed by atoms with Gasteiger partial charge in [0.25, 0.3) is 0 Å². The Balaban J connectivity index is 2.07. The normalized spacial score (nSPS) is 10.8. The van der Waals surface area contributed by atoms with Gasteiger partial charge in [-0.3, -0.25) is 9.10 Å². The molecule has 10 heteroatoms. The number of nitrogens with one attached hydrogen (secondary N) is 1. The van der Waals surface area contributed by atoms with Gasteiger partial charge in [0.1, 0.15) is 11.5 Å². The highest BCUT2D eigenvalue weighted by Crippen LogP contribution is 2.27. The third-order valence-corrected chi connectivity index (χ3v) is 5.60. The zero-order chi connectivity index (χ0) is 23.0. The number of nitrogens with zero attached hydrogens (tertiary/aromatic N) is 1. The zero-order valence-corrected chi connectivity index (χ0v) is 18.7. The molecule has 0 radical (unpaired) electrons. The van der Waals surface area contributed by atoms with Crippen molar-refractivity contribution in [2.45, 2.75) is 12.8 Å². The van der Waals surface area contributed by atoms with E-state index in [1.807, 2.05) is 0 Å². The minimum absolute atomic E-state index is 0.0571. The quantitative estimate of drug-likeness (QED) is 0.554. The summed E-state index contributed by atoms with van der Waals surface area (Å²) in [7, 11) is 0.654. The van der Waals surface area contributed by atoms with E-state index >= 15 is 0 Å². The van der Waals surface area contributed by atoms with E-state index in [0.717, 1.165) is 6.26 Å². The Hall–Kier alpha value is -3.27. The van der Waals surface area contributed by atoms with Crippen molar-refractivity contribution < 1.29 is 32.2 Å². The van der Waals surface area contributed by atoms with Gasteiger partial charge in [0, 0.05) is 19.0 Å². The van der Waals surface area contributed by atoms with Crippen LogP contribution in [0.15, 0.2) is 42.5 Å². The molecule has 0 aromatic heterocycles. The lowest BCUT2D eigenvalue weighted by Crippen LogP contribution is -2.31. The van der Waals surface area contributed by atoms with Crippen molar-refractivity contribution >= 4 is 33.3 Å². The standard InChI is InChI=1S/C21H26N2O7S/c1-28-17-8-5-7-16(14-17)23(31(4,26)27)12-6-9-20(24)22-18-13-15(21(25)30-3)10-11-19(18)29-2/h5,7-8,10-11,13-14H,6,9,12H2,1-4H3,(H,22,24). The van der Waals surface area contributed by atoms with Crippen LogP contribution in [0.4, 0.5) is 11.4 Å². The molecule has 2 aromatic carbocycles. The monoisotopic (exact) mass is 450 g/mol. The summed E-state index contributed by atoms with van der Waals surface area (Å²) in [6, 6.07) is 11.2. The van der Waals surface area contributed by atoms with E-state index in [-0.39, 0.29) is 30.9 Å². The highest BCUT2D eigenvalue weighted by atomic mass is 32.2. The molecule has 0 atom stereocenters. The molecule has 0 fully saturated rings. The van der Waals surface area contributed by atoms with Crippen LogP contribution >= 0.6 is 0 Å². The number of benzene rings is 2. The van der Waals surface area contributed by atoms with E-state index in [1.165, 1.54) is 37.8 Å². The van der Waals surface area contributed by atoms with E-state index in [0.29, 0.717) is 22.9 Å². The van der Waals surface area contributed by atoms with Crippen molar-refractivity contribution in [2.75, 3.05) is 43.8 Å². The Labute approximate surface area is 182 Å². The fourth-order valence-corrected chi connectivity index (χ4v) is 3.86. The Kier molecular flexibility index (Phi) is 8.26. The van der Waals surface area contributed by atoms with E-state index in [2.05, 4.69) is 10.1 Å². The van der Waals surface area contributed by atoms with Crippen LogP contribution in [0.2, 0.25) is 0 Å². The van der Waals surface area contributed by atoms with Gasteiger partial charge in [-0.15, -0.1) is 0 Å². The van der Waals surface area contributed by atoms with Crippen LogP contribution < -0.4 is 19.1 Å². The van der Waals surface area contributed by atoms with Crippen LogP contribution in [0, 0.1) is 0 Å². The van der Waals surface area contributed by atoms with Gasteiger partial charge in [-0.1, -0.05) is 6.07 Å². The molecule has 0 aliphatic heterocycles. The SMILES string of the molecule is COC(=O)c1ccc(OC)c(NC(=O)CCCN(c2cccc(OC)c2)S(C)(=O)=O)c1. The molecule has 0 heterocycles. The van der Waals surface area contributed by atoms with Gasteiger partial charge in [0.05, 0.1) is 44.5 Å². The molecule has 31 heavy (non-hydrogen) atoms. The minimum atomic E-state index is -3.55. The number of carbonyl (C=O) groups excluding carboxylic acids is 2. The summed E-state index contributed by atoms with van der Waals surface area (Å²) in [6.07, 6.45) is 1.44. The van der Waals surface area contributed by atoms with Gasteiger partial charge in [0.15, 0.2) is 0 Å². The van der Waals surface area contributed by atoms with Crippen molar-refractivity contribution in [1.82, 2.24) is 0 Å². The molecular formula is C21H26N2O7S. The summed E-state index contributed by atoms with van der Waals surface area (Å²) in [4.78, 5) is 24.2. The van der Waals surface area contributed by atoms with Crippen molar-refractivity contribution in [3.8, 4) is 11.5 Å². The predicted molar refractivity (Wildman–Crippen MR) is 117 cm³/mol. The summed E-state index contributed by atoms with van der Waals surface area (Å²) in [5.41, 5.74) is 1.04. The number of rotatable bonds is 10. The first-order chi connectivity index (χ1) is 14.7. The van der Waals surface area contributed by atoms with Gasteiger partial charge in [-0.05, 0) is 36.8 Å². The highest BCUT2D eigenvalue weighted by Gasteiger charge is 2.19. The third-order valence-electron chi connectivity index (χ3n) is 4.40. The van der Waals surface area contributed by atoms with Crippen LogP contribution in [0.1, 0.15) is 23.2 Å². The first-order valence-electron chi connectivity index (χ1n) is 9.37. The molecule has 0 saturated carbocycles. The molecule has 0 saturated heterocycles. The lowest BCUT2D eigenvalue weighted by Gasteiger charge is -2.22. The van der Waals surface area contributed by atoms with E-state index < -0.39 is 16.0 Å². The van der Waals surface area contributed by atoms with Crippen molar-refractivity contribution in [1.29, 1.82) is 0 Å². The lowest BCUT2D eigenvalue weighted by molar-refractivity contribution is -0.116. The smallest absolute Gasteiger partial charge is 0.337 e. The number of amides is 1. The second-order valence-electron chi connectivity index (χ2n) is 6.59. The number of methoxy groups -OCH3 is 3. The molecule has 9 nitrogen and oxygen atoms in total. The van der Waals surface area contributed by atoms with E-state index in [9.17, 15) is 18.0 Å². The summed E-state index contributed by atoms with van der Waals surface area (Å²) >= 11 is 0. The van der Waals surface area contributed by atoms with Crippen LogP contribution in [-0.2, 0) is 19.6 Å². The third kappa shape index (κ3) is 6.61. The highest BCUT2D eigenvalue weighted by molar-refractivity contribution is 7.92. The molecule has 168 valence electrons. The van der Waals surface area contributed by atoms with Crippen molar-refractivity contribution in [3.05, 3.63) is 48.0 Å². The average Bonchev–Trinajstić information content (AvgIpc) is 2.75. The van der Waals surface area contributed by atoms with Crippen LogP contribution in [-0.4, -0.2) is 54.4 Å². The van der Waals surface area contributed by atoms with Gasteiger partial charge in [0.2, 0.25) is 15.9 Å². The first kappa shape index (κ1) is 24.0. The zero-order valence-electron chi connectivity index (χ0n) is 17.9. The molecule has 1 amide bonds. The maximum Gasteiger partial charge on any atom is 0.337 e. The fourth-order valence-electron chi connectivity index (χ4n) is 2.90. The number of hydrogen-bond acceptors (Lipinski definition) is 7. The van der Waals surface area contributed by atoms with Crippen molar-refractivity contribution in [2.24, 2.45) is 0 Å². The van der Waals surface area contributed by atoms with Gasteiger partial charge in [-0.2, -0.15) is 0 Å². The maximum absolute atomic E-state index is 12.4. The number of sulfonamides is 1. The van der Waals surface area contributed by atoms with Crippen LogP contribution in [0.3, 0.4) is 0 Å². The largest absolute Gasteiger partial charge is 0.497 e. The molecule has 0 unspecified atom stereocenters. The number of anilines is 2. The average molecular weight is 451 g/mol. The van der Waals surface area contributed by atoms with Crippen LogP contribution in [0.5, 0.6) is 11.5 Å². The molecule has 0 aliphatic carbocycles. The fraction of sp³-hybridized carbons (Fsp3) is 0.333. The first-order valence-corrected chi connectivity index (χ1v) is 11.2. The number of hydrogen-bond donors (Lipinski definition) is 1. The van der Waals surface area contributed by atoms with Crippen LogP contribution in [0.25, 0.3) is 0 Å². The minimum Gasteiger partial charge on any atom is -0.497 e. The summed E-state index contributed by atoms with van der Waals surface area (Å²) in [5.74, 6) is 0.0243. The van der Waals surface area contributed by atoms with Gasteiger partial charge in [-0.25, -0.2) is 13.2 Å². The number of carbonyl (C=O) groups is 2. The summed E-state index contributed by atoms with van der Waals surface area (Å²) < 4.78 is 40.8. The maximum atomic E-state index is 12.4. The van der Waals surface area contributed by atoms with Gasteiger partial charge < -0.3 is 19.5 Å². The van der Waals surface area contributed by atoms with Crippen molar-refractivity contribution in [3.63, 3.8) is 0 Å². The Morgan fingerprint density at radius 2 is 1.77 bits per heavy atom. The summed E-state index contributed by atoms with van der Waals surface area (Å²) in [5, 5.41) is 2.69. The van der Waals surface area contributed by atoms with Gasteiger partial charge >= 0.3 is 5.97 Å². The number of ether oxygens (including phenoxy) is 3. The second-order valence-corrected chi connectivity index (χ2v) is 8.50. The molecule has 0 spiro atoms. The Morgan fingerprint density at radius 1 is 1.03 bits per heavy atom. The Morgan fingerprint density at radius 3 is 2.39 bits per heavy atom.